The summed E-state index contributed by atoms with van der Waals surface area (Å²) in [5.41, 5.74) is 1.50. The first-order chi connectivity index (χ1) is 8.15. The van der Waals surface area contributed by atoms with E-state index < -0.39 is 0 Å². The zero-order chi connectivity index (χ0) is 12.0. The maximum absolute atomic E-state index is 13.2. The quantitative estimate of drug-likeness (QED) is 0.732. The molecule has 0 saturated carbocycles. The van der Waals surface area contributed by atoms with Gasteiger partial charge in [-0.25, -0.2) is 4.39 Å². The van der Waals surface area contributed by atoms with Gasteiger partial charge in [0.2, 0.25) is 0 Å². The SMILES string of the molecule is CN1C[C@H]2CNC(=O)c3cc(F)ccc3[C@@H]2C1. The lowest BCUT2D eigenvalue weighted by Gasteiger charge is -2.15. The summed E-state index contributed by atoms with van der Waals surface area (Å²) in [5.74, 6) is 0.297. The molecule has 4 heteroatoms. The molecular formula is C13H15FN2O. The topological polar surface area (TPSA) is 32.3 Å². The van der Waals surface area contributed by atoms with Crippen LogP contribution in [0, 0.1) is 11.7 Å². The average Bonchev–Trinajstić information content (AvgIpc) is 2.62. The van der Waals surface area contributed by atoms with Gasteiger partial charge in [0.05, 0.1) is 0 Å². The number of hydrogen-bond acceptors (Lipinski definition) is 2. The van der Waals surface area contributed by atoms with Crippen LogP contribution >= 0.6 is 0 Å². The van der Waals surface area contributed by atoms with Crippen molar-refractivity contribution in [2.24, 2.45) is 5.92 Å². The Balaban J connectivity index is 2.09. The van der Waals surface area contributed by atoms with Crippen LogP contribution in [-0.2, 0) is 0 Å². The van der Waals surface area contributed by atoms with Crippen LogP contribution in [0.1, 0.15) is 21.8 Å². The van der Waals surface area contributed by atoms with Crippen molar-refractivity contribution in [1.29, 1.82) is 0 Å². The number of nitrogens with one attached hydrogen (secondary N) is 1. The molecule has 1 aromatic carbocycles. The van der Waals surface area contributed by atoms with Crippen LogP contribution in [0.2, 0.25) is 0 Å². The average molecular weight is 234 g/mol. The zero-order valence-corrected chi connectivity index (χ0v) is 9.74. The standard InChI is InChI=1S/C13H15FN2O/c1-16-6-8-5-15-13(17)11-4-9(14)2-3-10(11)12(8)7-16/h2-4,8,12H,5-7H2,1H3,(H,15,17)/t8-,12-/m1/s1. The molecule has 1 fully saturated rings. The second-order valence-electron chi connectivity index (χ2n) is 5.03. The van der Waals surface area contributed by atoms with E-state index in [-0.39, 0.29) is 11.7 Å². The number of hydrogen-bond donors (Lipinski definition) is 1. The van der Waals surface area contributed by atoms with Crippen LogP contribution in [0.4, 0.5) is 4.39 Å². The van der Waals surface area contributed by atoms with Crippen molar-refractivity contribution in [2.75, 3.05) is 26.7 Å². The van der Waals surface area contributed by atoms with E-state index in [4.69, 9.17) is 0 Å². The van der Waals surface area contributed by atoms with Crippen LogP contribution in [0.3, 0.4) is 0 Å². The normalized spacial score (nSPS) is 28.2. The fourth-order valence-electron chi connectivity index (χ4n) is 3.01. The minimum Gasteiger partial charge on any atom is -0.352 e. The third-order valence-electron chi connectivity index (χ3n) is 3.81. The predicted octanol–water partition coefficient (Wildman–Crippen LogP) is 1.21. The Morgan fingerprint density at radius 1 is 1.41 bits per heavy atom. The molecule has 2 atom stereocenters. The van der Waals surface area contributed by atoms with Crippen molar-refractivity contribution in [2.45, 2.75) is 5.92 Å². The molecule has 90 valence electrons. The summed E-state index contributed by atoms with van der Waals surface area (Å²) in [4.78, 5) is 14.1. The van der Waals surface area contributed by atoms with Gasteiger partial charge in [-0.3, -0.25) is 4.79 Å². The summed E-state index contributed by atoms with van der Waals surface area (Å²) in [7, 11) is 2.08. The monoisotopic (exact) mass is 234 g/mol. The number of carbonyl (C=O) groups excluding carboxylic acids is 1. The van der Waals surface area contributed by atoms with Gasteiger partial charge in [-0.2, -0.15) is 0 Å². The smallest absolute Gasteiger partial charge is 0.251 e. The number of rotatable bonds is 0. The van der Waals surface area contributed by atoms with E-state index in [9.17, 15) is 9.18 Å². The molecule has 1 saturated heterocycles. The van der Waals surface area contributed by atoms with Crippen LogP contribution in [0.5, 0.6) is 0 Å². The van der Waals surface area contributed by atoms with E-state index in [0.29, 0.717) is 23.9 Å². The molecule has 1 amide bonds. The highest BCUT2D eigenvalue weighted by atomic mass is 19.1. The minimum atomic E-state index is -0.344. The van der Waals surface area contributed by atoms with E-state index in [1.54, 1.807) is 6.07 Å². The minimum absolute atomic E-state index is 0.142. The second-order valence-corrected chi connectivity index (χ2v) is 5.03. The first kappa shape index (κ1) is 10.7. The fraction of sp³-hybridized carbons (Fsp3) is 0.462. The van der Waals surface area contributed by atoms with Crippen molar-refractivity contribution in [3.05, 3.63) is 35.1 Å². The number of nitrogens with zero attached hydrogens (tertiary/aromatic N) is 1. The molecule has 0 aliphatic carbocycles. The van der Waals surface area contributed by atoms with E-state index in [1.165, 1.54) is 12.1 Å². The largest absolute Gasteiger partial charge is 0.352 e. The molecule has 0 bridgehead atoms. The van der Waals surface area contributed by atoms with Gasteiger partial charge in [-0.05, 0) is 30.7 Å². The van der Waals surface area contributed by atoms with Crippen LogP contribution in [0.15, 0.2) is 18.2 Å². The number of amides is 1. The van der Waals surface area contributed by atoms with Gasteiger partial charge in [0.1, 0.15) is 5.82 Å². The Morgan fingerprint density at radius 2 is 2.24 bits per heavy atom. The van der Waals surface area contributed by atoms with E-state index in [2.05, 4.69) is 17.3 Å². The molecule has 17 heavy (non-hydrogen) atoms. The van der Waals surface area contributed by atoms with Crippen molar-refractivity contribution < 1.29 is 9.18 Å². The Labute approximate surface area is 99.6 Å². The highest BCUT2D eigenvalue weighted by Gasteiger charge is 2.36. The highest BCUT2D eigenvalue weighted by Crippen LogP contribution is 2.35. The summed E-state index contributed by atoms with van der Waals surface area (Å²) < 4.78 is 13.2. The van der Waals surface area contributed by atoms with Crippen LogP contribution < -0.4 is 5.32 Å². The molecule has 0 radical (unpaired) electrons. The predicted molar refractivity (Wildman–Crippen MR) is 62.5 cm³/mol. The maximum atomic E-state index is 13.2. The molecule has 3 rings (SSSR count). The van der Waals surface area contributed by atoms with E-state index >= 15 is 0 Å². The molecule has 0 spiro atoms. The fourth-order valence-corrected chi connectivity index (χ4v) is 3.01. The van der Waals surface area contributed by atoms with Gasteiger partial charge in [0.15, 0.2) is 0 Å². The number of fused-ring (bicyclic) bond motifs is 3. The van der Waals surface area contributed by atoms with Gasteiger partial charge >= 0.3 is 0 Å². The summed E-state index contributed by atoms with van der Waals surface area (Å²) in [5, 5.41) is 2.89. The summed E-state index contributed by atoms with van der Waals surface area (Å²) in [6.45, 7) is 2.62. The Morgan fingerprint density at radius 3 is 3.06 bits per heavy atom. The van der Waals surface area contributed by atoms with Gasteiger partial charge in [0.25, 0.3) is 5.91 Å². The van der Waals surface area contributed by atoms with Crippen LogP contribution in [-0.4, -0.2) is 37.5 Å². The number of benzene rings is 1. The lowest BCUT2D eigenvalue weighted by Crippen LogP contribution is -2.29. The van der Waals surface area contributed by atoms with Gasteiger partial charge in [-0.15, -0.1) is 0 Å². The van der Waals surface area contributed by atoms with Crippen LogP contribution in [0.25, 0.3) is 0 Å². The Kier molecular flexibility index (Phi) is 2.40. The zero-order valence-electron chi connectivity index (χ0n) is 9.74. The van der Waals surface area contributed by atoms with Gasteiger partial charge < -0.3 is 10.2 Å². The lowest BCUT2D eigenvalue weighted by molar-refractivity contribution is 0.0951. The molecule has 2 aliphatic heterocycles. The van der Waals surface area contributed by atoms with Crippen molar-refractivity contribution in [3.8, 4) is 0 Å². The Hall–Kier alpha value is -1.42. The molecule has 0 aromatic heterocycles. The number of likely N-dealkylation sites (N-methyl/N-ethyl adjacent to an activating group) is 1. The third-order valence-corrected chi connectivity index (χ3v) is 3.81. The van der Waals surface area contributed by atoms with Crippen molar-refractivity contribution in [3.63, 3.8) is 0 Å². The first-order valence-corrected chi connectivity index (χ1v) is 5.91. The van der Waals surface area contributed by atoms with Crippen molar-refractivity contribution >= 4 is 5.91 Å². The lowest BCUT2D eigenvalue weighted by atomic mass is 9.87. The number of halogens is 1. The van der Waals surface area contributed by atoms with E-state index in [0.717, 1.165) is 18.7 Å². The number of likely N-dealkylation sites (tertiary alicyclic amines) is 1. The molecular weight excluding hydrogens is 219 g/mol. The first-order valence-electron chi connectivity index (χ1n) is 5.91. The summed E-state index contributed by atoms with van der Waals surface area (Å²) in [6.07, 6.45) is 0. The van der Waals surface area contributed by atoms with Crippen molar-refractivity contribution in [1.82, 2.24) is 10.2 Å². The van der Waals surface area contributed by atoms with Gasteiger partial charge in [-0.1, -0.05) is 6.07 Å². The maximum Gasteiger partial charge on any atom is 0.251 e. The molecule has 1 aromatic rings. The molecule has 2 heterocycles. The molecule has 1 N–H and O–H groups in total. The molecule has 3 nitrogen and oxygen atoms in total. The molecule has 0 unspecified atom stereocenters. The van der Waals surface area contributed by atoms with E-state index in [1.807, 2.05) is 0 Å². The number of carbonyl (C=O) groups is 1. The Bertz CT molecular complexity index is 474. The van der Waals surface area contributed by atoms with Gasteiger partial charge in [0, 0.05) is 31.1 Å². The third kappa shape index (κ3) is 1.72. The highest BCUT2D eigenvalue weighted by molar-refractivity contribution is 5.96. The summed E-state index contributed by atoms with van der Waals surface area (Å²) >= 11 is 0. The second kappa shape index (κ2) is 3.81. The summed E-state index contributed by atoms with van der Waals surface area (Å²) in [6, 6.07) is 4.57. The molecule has 2 aliphatic rings.